The first-order valence-electron chi connectivity index (χ1n) is 7.40. The first-order chi connectivity index (χ1) is 11.2. The van der Waals surface area contributed by atoms with Crippen molar-refractivity contribution in [3.05, 3.63) is 52.8 Å². The summed E-state index contributed by atoms with van der Waals surface area (Å²) in [6, 6.07) is 9.79. The molecule has 23 heavy (non-hydrogen) atoms. The molecule has 0 aliphatic carbocycles. The molecule has 0 fully saturated rings. The van der Waals surface area contributed by atoms with Gasteiger partial charge in [-0.05, 0) is 44.0 Å². The number of rotatable bonds is 5. The number of nitrogens with zero attached hydrogens (tertiary/aromatic N) is 3. The minimum Gasteiger partial charge on any atom is -0.396 e. The van der Waals surface area contributed by atoms with Crippen molar-refractivity contribution in [2.75, 3.05) is 11.9 Å². The van der Waals surface area contributed by atoms with Crippen molar-refractivity contribution in [1.29, 1.82) is 0 Å². The van der Waals surface area contributed by atoms with Gasteiger partial charge in [0.05, 0.1) is 21.3 Å². The summed E-state index contributed by atoms with van der Waals surface area (Å²) in [5, 5.41) is 13.2. The Morgan fingerprint density at radius 3 is 2.52 bits per heavy atom. The number of nitrogens with one attached hydrogen (secondary N) is 1. The van der Waals surface area contributed by atoms with E-state index in [-0.39, 0.29) is 6.61 Å². The molecule has 3 rings (SSSR count). The molecular formula is C17H18N4OS. The van der Waals surface area contributed by atoms with Crippen molar-refractivity contribution in [2.45, 2.75) is 20.3 Å². The molecule has 0 atom stereocenters. The molecule has 0 saturated carbocycles. The van der Waals surface area contributed by atoms with Crippen molar-refractivity contribution >= 4 is 23.0 Å². The van der Waals surface area contributed by atoms with Crippen molar-refractivity contribution in [3.63, 3.8) is 0 Å². The average Bonchev–Trinajstić information content (AvgIpc) is 2.88. The maximum absolute atomic E-state index is 8.95. The molecule has 6 heteroatoms. The van der Waals surface area contributed by atoms with Crippen LogP contribution < -0.4 is 5.32 Å². The molecule has 2 heterocycles. The molecule has 0 unspecified atom stereocenters. The molecule has 1 aromatic carbocycles. The zero-order valence-corrected chi connectivity index (χ0v) is 13.9. The van der Waals surface area contributed by atoms with E-state index in [4.69, 9.17) is 5.11 Å². The van der Waals surface area contributed by atoms with Crippen LogP contribution in [0.4, 0.5) is 11.6 Å². The minimum absolute atomic E-state index is 0.158. The number of aromatic nitrogens is 3. The maximum atomic E-state index is 8.95. The summed E-state index contributed by atoms with van der Waals surface area (Å²) in [7, 11) is 0. The smallest absolute Gasteiger partial charge is 0.227 e. The van der Waals surface area contributed by atoms with Gasteiger partial charge in [-0.1, -0.05) is 12.1 Å². The monoisotopic (exact) mass is 326 g/mol. The molecule has 0 aliphatic rings. The number of benzene rings is 1. The van der Waals surface area contributed by atoms with Gasteiger partial charge in [-0.3, -0.25) is 0 Å². The number of hydrogen-bond donors (Lipinski definition) is 2. The molecule has 0 saturated heterocycles. The van der Waals surface area contributed by atoms with E-state index >= 15 is 0 Å². The van der Waals surface area contributed by atoms with Gasteiger partial charge < -0.3 is 10.4 Å². The largest absolute Gasteiger partial charge is 0.396 e. The van der Waals surface area contributed by atoms with Gasteiger partial charge in [-0.25, -0.2) is 15.0 Å². The third kappa shape index (κ3) is 3.72. The Morgan fingerprint density at radius 2 is 1.87 bits per heavy atom. The van der Waals surface area contributed by atoms with Crippen LogP contribution in [0, 0.1) is 13.8 Å². The fourth-order valence-corrected chi connectivity index (χ4v) is 3.22. The lowest BCUT2D eigenvalue weighted by Gasteiger charge is -2.07. The summed E-state index contributed by atoms with van der Waals surface area (Å²) < 4.78 is 0. The Morgan fingerprint density at radius 1 is 1.09 bits per heavy atom. The van der Waals surface area contributed by atoms with Gasteiger partial charge >= 0.3 is 0 Å². The van der Waals surface area contributed by atoms with E-state index in [1.165, 1.54) is 0 Å². The van der Waals surface area contributed by atoms with Gasteiger partial charge in [0, 0.05) is 18.5 Å². The predicted octanol–water partition coefficient (Wildman–Crippen LogP) is 3.50. The van der Waals surface area contributed by atoms with Crippen LogP contribution in [0.25, 0.3) is 10.6 Å². The van der Waals surface area contributed by atoms with E-state index < -0.39 is 0 Å². The number of thiazole rings is 1. The molecular weight excluding hydrogens is 308 g/mol. The summed E-state index contributed by atoms with van der Waals surface area (Å²) in [5.41, 5.74) is 3.89. The molecule has 2 N–H and O–H groups in total. The van der Waals surface area contributed by atoms with Crippen molar-refractivity contribution in [3.8, 4) is 10.6 Å². The van der Waals surface area contributed by atoms with E-state index in [1.807, 2.05) is 44.2 Å². The second-order valence-electron chi connectivity index (χ2n) is 5.21. The van der Waals surface area contributed by atoms with E-state index in [9.17, 15) is 0 Å². The van der Waals surface area contributed by atoms with E-state index in [2.05, 4.69) is 20.3 Å². The van der Waals surface area contributed by atoms with Crippen LogP contribution in [0.1, 0.15) is 16.3 Å². The Labute approximate surface area is 139 Å². The summed E-state index contributed by atoms with van der Waals surface area (Å²) in [5.74, 6) is 0.558. The van der Waals surface area contributed by atoms with Crippen molar-refractivity contribution < 1.29 is 5.11 Å². The molecule has 0 spiro atoms. The van der Waals surface area contributed by atoms with Crippen LogP contribution in [0.3, 0.4) is 0 Å². The van der Waals surface area contributed by atoms with Crippen LogP contribution in [0.5, 0.6) is 0 Å². The molecule has 0 bridgehead atoms. The van der Waals surface area contributed by atoms with Crippen LogP contribution in [0.2, 0.25) is 0 Å². The average molecular weight is 326 g/mol. The zero-order chi connectivity index (χ0) is 16.2. The molecule has 0 amide bonds. The second-order valence-corrected chi connectivity index (χ2v) is 6.41. The molecule has 0 radical (unpaired) electrons. The summed E-state index contributed by atoms with van der Waals surface area (Å²) >= 11 is 1.64. The van der Waals surface area contributed by atoms with Crippen LogP contribution in [-0.4, -0.2) is 26.7 Å². The highest BCUT2D eigenvalue weighted by molar-refractivity contribution is 7.15. The fourth-order valence-electron chi connectivity index (χ4n) is 2.33. The Kier molecular flexibility index (Phi) is 4.64. The minimum atomic E-state index is 0.158. The lowest BCUT2D eigenvalue weighted by Crippen LogP contribution is -1.98. The van der Waals surface area contributed by atoms with E-state index in [0.29, 0.717) is 12.4 Å². The second kappa shape index (κ2) is 6.85. The number of hydrogen-bond acceptors (Lipinski definition) is 6. The standard InChI is InChI=1S/C17H18N4OS/c1-11-16(23-12(2)19-11)15-7-9-18-17(21-15)20-14-5-3-13(4-6-14)8-10-22/h3-7,9,22H,8,10H2,1-2H3,(H,18,20,21). The maximum Gasteiger partial charge on any atom is 0.227 e. The number of anilines is 2. The highest BCUT2D eigenvalue weighted by atomic mass is 32.1. The molecule has 0 aliphatic heterocycles. The third-order valence-electron chi connectivity index (χ3n) is 3.40. The SMILES string of the molecule is Cc1nc(C)c(-c2ccnc(Nc3ccc(CCO)cc3)n2)s1. The highest BCUT2D eigenvalue weighted by Gasteiger charge is 2.10. The van der Waals surface area contributed by atoms with Gasteiger partial charge in [-0.15, -0.1) is 11.3 Å². The molecule has 2 aromatic heterocycles. The van der Waals surface area contributed by atoms with Crippen molar-refractivity contribution in [1.82, 2.24) is 15.0 Å². The normalized spacial score (nSPS) is 10.7. The zero-order valence-electron chi connectivity index (χ0n) is 13.1. The van der Waals surface area contributed by atoms with Gasteiger partial charge in [0.2, 0.25) is 5.95 Å². The fraction of sp³-hybridized carbons (Fsp3) is 0.235. The van der Waals surface area contributed by atoms with Crippen molar-refractivity contribution in [2.24, 2.45) is 0 Å². The quantitative estimate of drug-likeness (QED) is 0.751. The first kappa shape index (κ1) is 15.6. The summed E-state index contributed by atoms with van der Waals surface area (Å²) in [6.07, 6.45) is 2.41. The Balaban J connectivity index is 1.81. The Hall–Kier alpha value is -2.31. The topological polar surface area (TPSA) is 70.9 Å². The Bertz CT molecular complexity index is 799. The first-order valence-corrected chi connectivity index (χ1v) is 8.21. The number of aliphatic hydroxyl groups is 1. The number of aliphatic hydroxyl groups excluding tert-OH is 1. The summed E-state index contributed by atoms with van der Waals surface area (Å²) in [6.45, 7) is 4.15. The predicted molar refractivity (Wildman–Crippen MR) is 93.1 cm³/mol. The summed E-state index contributed by atoms with van der Waals surface area (Å²) in [4.78, 5) is 14.4. The van der Waals surface area contributed by atoms with Gasteiger partial charge in [0.25, 0.3) is 0 Å². The van der Waals surface area contributed by atoms with Gasteiger partial charge in [-0.2, -0.15) is 0 Å². The van der Waals surface area contributed by atoms with Crippen LogP contribution in [-0.2, 0) is 6.42 Å². The van der Waals surface area contributed by atoms with Gasteiger partial charge in [0.15, 0.2) is 0 Å². The molecule has 118 valence electrons. The lowest BCUT2D eigenvalue weighted by atomic mass is 10.1. The number of aryl methyl sites for hydroxylation is 2. The lowest BCUT2D eigenvalue weighted by molar-refractivity contribution is 0.299. The molecule has 3 aromatic rings. The van der Waals surface area contributed by atoms with E-state index in [1.54, 1.807) is 17.5 Å². The molecule has 5 nitrogen and oxygen atoms in total. The highest BCUT2D eigenvalue weighted by Crippen LogP contribution is 2.28. The third-order valence-corrected chi connectivity index (χ3v) is 4.50. The van der Waals surface area contributed by atoms with Gasteiger partial charge in [0.1, 0.15) is 0 Å². The van der Waals surface area contributed by atoms with Crippen LogP contribution in [0.15, 0.2) is 36.5 Å². The van der Waals surface area contributed by atoms with E-state index in [0.717, 1.165) is 32.5 Å². The van der Waals surface area contributed by atoms with Crippen LogP contribution >= 0.6 is 11.3 Å².